The van der Waals surface area contributed by atoms with Crippen molar-refractivity contribution in [3.8, 4) is 0 Å². The Balaban J connectivity index is 2.40. The Bertz CT molecular complexity index is 459. The van der Waals surface area contributed by atoms with E-state index in [-0.39, 0.29) is 11.8 Å². The number of hydrogen-bond acceptors (Lipinski definition) is 3. The molecule has 0 radical (unpaired) electrons. The first-order valence-electron chi connectivity index (χ1n) is 9.14. The normalized spacial score (nSPS) is 12.6. The summed E-state index contributed by atoms with van der Waals surface area (Å²) < 4.78 is 0. The second kappa shape index (κ2) is 11.2. The lowest BCUT2D eigenvalue weighted by Gasteiger charge is -2.26. The van der Waals surface area contributed by atoms with Crippen LogP contribution in [0.3, 0.4) is 0 Å². The van der Waals surface area contributed by atoms with E-state index in [0.29, 0.717) is 12.0 Å². The molecule has 136 valence electrons. The molecule has 0 saturated carbocycles. The predicted molar refractivity (Wildman–Crippen MR) is 102 cm³/mol. The molecule has 1 atom stereocenters. The number of carbonyl (C=O) groups is 1. The van der Waals surface area contributed by atoms with Crippen LogP contribution in [0, 0.1) is 11.8 Å². The number of nitrogens with zero attached hydrogens (tertiary/aromatic N) is 1. The molecule has 4 heteroatoms. The molecule has 0 saturated heterocycles. The summed E-state index contributed by atoms with van der Waals surface area (Å²) in [5, 5.41) is 6.76. The van der Waals surface area contributed by atoms with Crippen LogP contribution in [-0.2, 0) is 11.2 Å². The molecule has 0 aliphatic rings. The average molecular weight is 334 g/mol. The summed E-state index contributed by atoms with van der Waals surface area (Å²) in [5.74, 6) is 0.624. The minimum Gasteiger partial charge on any atom is -0.344 e. The highest BCUT2D eigenvalue weighted by atomic mass is 16.2. The molecule has 1 rings (SSSR count). The Morgan fingerprint density at radius 2 is 1.71 bits per heavy atom. The van der Waals surface area contributed by atoms with Crippen LogP contribution < -0.4 is 10.6 Å². The number of carbonyl (C=O) groups excluding carboxylic acids is 1. The van der Waals surface area contributed by atoms with E-state index in [1.54, 1.807) is 0 Å². The van der Waals surface area contributed by atoms with Crippen LogP contribution in [0.25, 0.3) is 0 Å². The van der Waals surface area contributed by atoms with Gasteiger partial charge in [-0.15, -0.1) is 0 Å². The van der Waals surface area contributed by atoms with Crippen molar-refractivity contribution in [1.82, 2.24) is 15.5 Å². The van der Waals surface area contributed by atoms with Crippen molar-refractivity contribution in [2.45, 2.75) is 40.2 Å². The quantitative estimate of drug-likeness (QED) is 0.612. The first kappa shape index (κ1) is 20.7. The fraction of sp³-hybridized carbons (Fsp3) is 0.650. The van der Waals surface area contributed by atoms with E-state index in [1.807, 2.05) is 30.1 Å². The van der Waals surface area contributed by atoms with Crippen molar-refractivity contribution in [2.75, 3.05) is 33.2 Å². The molecule has 4 nitrogen and oxygen atoms in total. The first-order chi connectivity index (χ1) is 11.4. The molecule has 0 spiro atoms. The van der Waals surface area contributed by atoms with Crippen LogP contribution >= 0.6 is 0 Å². The van der Waals surface area contributed by atoms with Gasteiger partial charge in [0.1, 0.15) is 0 Å². The van der Waals surface area contributed by atoms with E-state index >= 15 is 0 Å². The van der Waals surface area contributed by atoms with Gasteiger partial charge in [-0.2, -0.15) is 0 Å². The maximum atomic E-state index is 12.8. The molecule has 0 aliphatic carbocycles. The summed E-state index contributed by atoms with van der Waals surface area (Å²) in [6, 6.07) is 10.8. The molecule has 0 aromatic heterocycles. The van der Waals surface area contributed by atoms with Crippen molar-refractivity contribution in [2.24, 2.45) is 11.8 Å². The summed E-state index contributed by atoms with van der Waals surface area (Å²) >= 11 is 0. The molecule has 2 N–H and O–H groups in total. The van der Waals surface area contributed by atoms with E-state index in [2.05, 4.69) is 50.5 Å². The number of amides is 1. The largest absolute Gasteiger partial charge is 0.344 e. The van der Waals surface area contributed by atoms with Gasteiger partial charge in [0.2, 0.25) is 5.91 Å². The monoisotopic (exact) mass is 333 g/mol. The minimum atomic E-state index is 0.0417. The van der Waals surface area contributed by atoms with Gasteiger partial charge in [-0.1, -0.05) is 58.0 Å². The van der Waals surface area contributed by atoms with Gasteiger partial charge in [0.15, 0.2) is 0 Å². The maximum Gasteiger partial charge on any atom is 0.226 e. The molecule has 0 heterocycles. The summed E-state index contributed by atoms with van der Waals surface area (Å²) in [4.78, 5) is 14.7. The van der Waals surface area contributed by atoms with E-state index in [9.17, 15) is 4.79 Å². The molecule has 0 fully saturated rings. The van der Waals surface area contributed by atoms with Crippen molar-refractivity contribution < 1.29 is 4.79 Å². The third kappa shape index (κ3) is 7.93. The number of likely N-dealkylation sites (N-methyl/N-ethyl adjacent to an activating group) is 1. The Morgan fingerprint density at radius 3 is 2.29 bits per heavy atom. The number of benzene rings is 1. The minimum absolute atomic E-state index is 0.0417. The van der Waals surface area contributed by atoms with Crippen LogP contribution in [0.5, 0.6) is 0 Å². The molecule has 1 amide bonds. The fourth-order valence-corrected chi connectivity index (χ4v) is 2.69. The van der Waals surface area contributed by atoms with Crippen molar-refractivity contribution in [3.05, 3.63) is 35.9 Å². The Kier molecular flexibility index (Phi) is 9.65. The Morgan fingerprint density at radius 1 is 1.04 bits per heavy atom. The van der Waals surface area contributed by atoms with Crippen molar-refractivity contribution >= 4 is 5.91 Å². The van der Waals surface area contributed by atoms with Gasteiger partial charge in [-0.25, -0.2) is 0 Å². The average Bonchev–Trinajstić information content (AvgIpc) is 2.55. The van der Waals surface area contributed by atoms with Crippen LogP contribution in [0.4, 0.5) is 0 Å². The molecular weight excluding hydrogens is 298 g/mol. The summed E-state index contributed by atoms with van der Waals surface area (Å²) in [6.07, 6.45) is 0.813. The number of rotatable bonds is 11. The van der Waals surface area contributed by atoms with Crippen LogP contribution in [0.15, 0.2) is 30.3 Å². The number of hydrogen-bond donors (Lipinski definition) is 2. The van der Waals surface area contributed by atoms with Gasteiger partial charge in [0, 0.05) is 45.2 Å². The third-order valence-corrected chi connectivity index (χ3v) is 4.27. The smallest absolute Gasteiger partial charge is 0.226 e. The first-order valence-corrected chi connectivity index (χ1v) is 9.14. The zero-order valence-corrected chi connectivity index (χ0v) is 16.0. The lowest BCUT2D eigenvalue weighted by atomic mass is 9.88. The zero-order valence-electron chi connectivity index (χ0n) is 16.0. The Labute approximate surface area is 148 Å². The van der Waals surface area contributed by atoms with Gasteiger partial charge >= 0.3 is 0 Å². The maximum absolute atomic E-state index is 12.8. The van der Waals surface area contributed by atoms with E-state index in [0.717, 1.165) is 32.6 Å². The lowest BCUT2D eigenvalue weighted by molar-refractivity contribution is -0.135. The number of nitrogens with one attached hydrogen (secondary N) is 2. The van der Waals surface area contributed by atoms with Crippen LogP contribution in [-0.4, -0.2) is 50.1 Å². The molecule has 0 bridgehead atoms. The molecule has 1 unspecified atom stereocenters. The van der Waals surface area contributed by atoms with Gasteiger partial charge in [-0.05, 0) is 17.9 Å². The second-order valence-corrected chi connectivity index (χ2v) is 7.16. The molecule has 24 heavy (non-hydrogen) atoms. The van der Waals surface area contributed by atoms with Gasteiger partial charge < -0.3 is 15.5 Å². The van der Waals surface area contributed by atoms with Crippen LogP contribution in [0.2, 0.25) is 0 Å². The molecule has 0 aliphatic heterocycles. The van der Waals surface area contributed by atoms with Gasteiger partial charge in [0.05, 0.1) is 0 Å². The standard InChI is InChI=1S/C20H35N3O/c1-16(2)19(15-18-9-7-6-8-10-18)20(24)23(5)14-13-21-11-12-22-17(3)4/h6-10,16-17,19,21-22H,11-15H2,1-5H3. The summed E-state index contributed by atoms with van der Waals surface area (Å²) in [7, 11) is 1.91. The molecular formula is C20H35N3O. The van der Waals surface area contributed by atoms with E-state index in [4.69, 9.17) is 0 Å². The van der Waals surface area contributed by atoms with Crippen molar-refractivity contribution in [3.63, 3.8) is 0 Å². The lowest BCUT2D eigenvalue weighted by Crippen LogP contribution is -2.41. The second-order valence-electron chi connectivity index (χ2n) is 7.16. The van der Waals surface area contributed by atoms with Gasteiger partial charge in [0.25, 0.3) is 0 Å². The highest BCUT2D eigenvalue weighted by Crippen LogP contribution is 2.19. The SMILES string of the molecule is CC(C)NCCNCCN(C)C(=O)C(Cc1ccccc1)C(C)C. The van der Waals surface area contributed by atoms with Crippen LogP contribution in [0.1, 0.15) is 33.3 Å². The van der Waals surface area contributed by atoms with Gasteiger partial charge in [-0.3, -0.25) is 4.79 Å². The predicted octanol–water partition coefficient (Wildman–Crippen LogP) is 2.55. The van der Waals surface area contributed by atoms with E-state index in [1.165, 1.54) is 5.56 Å². The topological polar surface area (TPSA) is 44.4 Å². The third-order valence-electron chi connectivity index (χ3n) is 4.27. The van der Waals surface area contributed by atoms with E-state index < -0.39 is 0 Å². The summed E-state index contributed by atoms with van der Waals surface area (Å²) in [5.41, 5.74) is 1.23. The summed E-state index contributed by atoms with van der Waals surface area (Å²) in [6.45, 7) is 12.0. The zero-order chi connectivity index (χ0) is 17.9. The fourth-order valence-electron chi connectivity index (χ4n) is 2.69. The molecule has 1 aromatic rings. The van der Waals surface area contributed by atoms with Crippen molar-refractivity contribution in [1.29, 1.82) is 0 Å². The Hall–Kier alpha value is -1.39. The highest BCUT2D eigenvalue weighted by molar-refractivity contribution is 5.79. The highest BCUT2D eigenvalue weighted by Gasteiger charge is 2.25. The molecule has 1 aromatic carbocycles.